The summed E-state index contributed by atoms with van der Waals surface area (Å²) in [5.41, 5.74) is 6.54. The number of aromatic hydroxyl groups is 1. The summed E-state index contributed by atoms with van der Waals surface area (Å²) in [6, 6.07) is 15.6. The van der Waals surface area contributed by atoms with Crippen molar-refractivity contribution in [2.24, 2.45) is 11.3 Å². The van der Waals surface area contributed by atoms with E-state index in [1.54, 1.807) is 23.5 Å². The predicted octanol–water partition coefficient (Wildman–Crippen LogP) is 4.67. The molecule has 4 aromatic rings. The minimum atomic E-state index is -0.864. The minimum absolute atomic E-state index is 0.0314. The highest BCUT2D eigenvalue weighted by Crippen LogP contribution is 2.37. The van der Waals surface area contributed by atoms with Crippen LogP contribution in [0.15, 0.2) is 60.1 Å². The van der Waals surface area contributed by atoms with Crippen molar-refractivity contribution in [2.45, 2.75) is 90.6 Å². The van der Waals surface area contributed by atoms with Gasteiger partial charge in [-0.2, -0.15) is 0 Å². The number of likely N-dealkylation sites (tertiary alicyclic amines) is 2. The Bertz CT molecular complexity index is 2260. The number of carbonyl (C=O) groups is 3. The highest BCUT2D eigenvalue weighted by Gasteiger charge is 2.45. The number of hydrogen-bond acceptors (Lipinski definition) is 13. The van der Waals surface area contributed by atoms with Gasteiger partial charge < -0.3 is 40.9 Å². The Morgan fingerprint density at radius 3 is 2.44 bits per heavy atom. The van der Waals surface area contributed by atoms with E-state index in [1.807, 2.05) is 82.6 Å². The first-order chi connectivity index (χ1) is 30.2. The molecule has 6 heterocycles. The van der Waals surface area contributed by atoms with Crippen molar-refractivity contribution in [1.82, 2.24) is 40.5 Å². The van der Waals surface area contributed by atoms with Crippen LogP contribution in [0.4, 0.5) is 11.5 Å². The van der Waals surface area contributed by atoms with Gasteiger partial charge in [-0.05, 0) is 80.4 Å². The fourth-order valence-corrected chi connectivity index (χ4v) is 10.4. The highest BCUT2D eigenvalue weighted by atomic mass is 32.1. The van der Waals surface area contributed by atoms with Crippen molar-refractivity contribution in [3.05, 3.63) is 71.4 Å². The lowest BCUT2D eigenvalue weighted by Crippen LogP contribution is -2.58. The third kappa shape index (κ3) is 10.1. The third-order valence-electron chi connectivity index (χ3n) is 13.3. The van der Waals surface area contributed by atoms with E-state index in [0.717, 1.165) is 91.9 Å². The number of fused-ring (bicyclic) bond motifs is 3. The third-order valence-corrected chi connectivity index (χ3v) is 14.3. The zero-order valence-corrected chi connectivity index (χ0v) is 37.9. The van der Waals surface area contributed by atoms with Crippen LogP contribution in [0.1, 0.15) is 70.7 Å². The molecule has 3 fully saturated rings. The number of aliphatic hydroxyl groups is 1. The molecule has 5 N–H and O–H groups in total. The zero-order chi connectivity index (χ0) is 44.4. The molecule has 1 unspecified atom stereocenters. The van der Waals surface area contributed by atoms with E-state index >= 15 is 0 Å². The molecule has 2 aromatic heterocycles. The monoisotopic (exact) mass is 878 g/mol. The molecular formula is C47H62N10O5S. The SMILES string of the molecule is Cc1ncsc1-c1ccc([C@H](C)NC(=O)[C@@H]2C[C@@H](O)CN2C(=O)[C@@H](NC(=O)CCN2CCC(CN3CCN4c5cc(-c6ccccc6O)nnc5NCC4C3)CC2)C(C)(C)C)cc1. The first-order valence-corrected chi connectivity index (χ1v) is 23.3. The molecule has 0 saturated carbocycles. The van der Waals surface area contributed by atoms with Crippen LogP contribution in [0.2, 0.25) is 0 Å². The number of piperidine rings is 1. The number of piperazine rings is 1. The van der Waals surface area contributed by atoms with Gasteiger partial charge in [0.05, 0.1) is 45.7 Å². The quantitative estimate of drug-likeness (QED) is 0.133. The van der Waals surface area contributed by atoms with Crippen LogP contribution < -0.4 is 20.9 Å². The van der Waals surface area contributed by atoms with Gasteiger partial charge in [-0.15, -0.1) is 21.5 Å². The van der Waals surface area contributed by atoms with Crippen LogP contribution in [0.3, 0.4) is 0 Å². The summed E-state index contributed by atoms with van der Waals surface area (Å²) in [7, 11) is 0. The lowest BCUT2D eigenvalue weighted by Gasteiger charge is -2.47. The Balaban J connectivity index is 0.791. The second-order valence-corrected chi connectivity index (χ2v) is 19.7. The smallest absolute Gasteiger partial charge is 0.246 e. The summed E-state index contributed by atoms with van der Waals surface area (Å²) in [6.45, 7) is 16.8. The van der Waals surface area contributed by atoms with E-state index in [4.69, 9.17) is 0 Å². The number of amides is 3. The zero-order valence-electron chi connectivity index (χ0n) is 37.1. The molecule has 0 spiro atoms. The number of hydrogen-bond donors (Lipinski definition) is 5. The summed E-state index contributed by atoms with van der Waals surface area (Å²) in [4.78, 5) is 55.7. The molecule has 4 aliphatic heterocycles. The van der Waals surface area contributed by atoms with Crippen molar-refractivity contribution < 1.29 is 24.6 Å². The van der Waals surface area contributed by atoms with Gasteiger partial charge in [-0.25, -0.2) is 4.98 Å². The number of phenolic OH excluding ortho intramolecular Hbond substituents is 1. The number of rotatable bonds is 12. The average Bonchev–Trinajstić information content (AvgIpc) is 3.89. The van der Waals surface area contributed by atoms with Gasteiger partial charge in [-0.3, -0.25) is 19.3 Å². The number of para-hydroxylation sites is 1. The number of nitrogens with one attached hydrogen (secondary N) is 3. The lowest BCUT2D eigenvalue weighted by molar-refractivity contribution is -0.144. The molecule has 2 aromatic carbocycles. The molecule has 3 saturated heterocycles. The van der Waals surface area contributed by atoms with E-state index in [0.29, 0.717) is 29.8 Å². The molecule has 336 valence electrons. The van der Waals surface area contributed by atoms with Crippen LogP contribution in [-0.2, 0) is 14.4 Å². The molecule has 3 amide bonds. The number of carbonyl (C=O) groups excluding carboxylic acids is 3. The number of nitrogens with zero attached hydrogens (tertiary/aromatic N) is 7. The summed E-state index contributed by atoms with van der Waals surface area (Å²) in [6.07, 6.45) is 1.69. The van der Waals surface area contributed by atoms with Gasteiger partial charge in [-0.1, -0.05) is 57.2 Å². The maximum absolute atomic E-state index is 14.2. The largest absolute Gasteiger partial charge is 0.507 e. The van der Waals surface area contributed by atoms with Gasteiger partial charge in [0.2, 0.25) is 17.7 Å². The van der Waals surface area contributed by atoms with Crippen molar-refractivity contribution in [1.29, 1.82) is 0 Å². The van der Waals surface area contributed by atoms with Crippen molar-refractivity contribution in [3.8, 4) is 27.4 Å². The van der Waals surface area contributed by atoms with E-state index in [2.05, 4.69) is 45.8 Å². The Kier molecular flexibility index (Phi) is 13.3. The standard InChI is InChI=1S/C47H62N10O5S/c1-29(32-10-12-33(13-11-32)42-30(2)49-28-63-42)50-45(61)39-22-35(58)27-57(39)46(62)43(47(3,4)5)51-41(60)16-19-54-17-14-31(15-18-54)25-55-20-21-56-34(26-55)24-48-44-38(56)23-37(52-53-44)36-8-6-7-9-40(36)59/h6-13,23,28-29,31,34-35,39,43,58-59H,14-22,24-27H2,1-5H3,(H,48,53)(H,50,61)(H,51,60)/t29-,34?,35+,39-,43+/m0/s1. The van der Waals surface area contributed by atoms with Gasteiger partial charge in [0.25, 0.3) is 0 Å². The summed E-state index contributed by atoms with van der Waals surface area (Å²) < 4.78 is 0. The van der Waals surface area contributed by atoms with E-state index < -0.39 is 23.6 Å². The molecular weight excluding hydrogens is 817 g/mol. The molecule has 0 radical (unpaired) electrons. The normalized spacial score (nSPS) is 21.8. The molecule has 8 rings (SSSR count). The van der Waals surface area contributed by atoms with E-state index in [9.17, 15) is 24.6 Å². The number of aromatic nitrogens is 3. The predicted molar refractivity (Wildman–Crippen MR) is 245 cm³/mol. The average molecular weight is 879 g/mol. The van der Waals surface area contributed by atoms with E-state index in [-0.39, 0.29) is 48.9 Å². The molecule has 4 aliphatic rings. The number of aliphatic hydroxyl groups excluding tert-OH is 1. The van der Waals surface area contributed by atoms with Crippen LogP contribution in [0.25, 0.3) is 21.7 Å². The number of thiazole rings is 1. The minimum Gasteiger partial charge on any atom is -0.507 e. The van der Waals surface area contributed by atoms with Gasteiger partial charge in [0.15, 0.2) is 5.82 Å². The summed E-state index contributed by atoms with van der Waals surface area (Å²) in [5.74, 6) is 0.673. The molecule has 15 nitrogen and oxygen atoms in total. The fourth-order valence-electron chi connectivity index (χ4n) is 9.61. The first kappa shape index (κ1) is 44.4. The molecule has 0 aliphatic carbocycles. The number of phenols is 1. The van der Waals surface area contributed by atoms with Gasteiger partial charge >= 0.3 is 0 Å². The lowest BCUT2D eigenvalue weighted by atomic mass is 9.85. The second kappa shape index (κ2) is 18.9. The van der Waals surface area contributed by atoms with E-state index in [1.165, 1.54) is 4.90 Å². The number of anilines is 2. The first-order valence-electron chi connectivity index (χ1n) is 22.4. The molecule has 16 heteroatoms. The number of β-amino-alcohol motifs (C(OH)–C–C–N with tert-alkyl or cyclic N) is 1. The fraction of sp³-hybridized carbons (Fsp3) is 0.532. The number of aryl methyl sites for hydroxylation is 1. The topological polar surface area (TPSA) is 179 Å². The molecule has 63 heavy (non-hydrogen) atoms. The second-order valence-electron chi connectivity index (χ2n) is 18.9. The van der Waals surface area contributed by atoms with Gasteiger partial charge in [0, 0.05) is 64.2 Å². The van der Waals surface area contributed by atoms with Crippen LogP contribution >= 0.6 is 11.3 Å². The van der Waals surface area contributed by atoms with Crippen molar-refractivity contribution in [2.75, 3.05) is 69.1 Å². The van der Waals surface area contributed by atoms with Crippen LogP contribution in [0, 0.1) is 18.3 Å². The highest BCUT2D eigenvalue weighted by molar-refractivity contribution is 7.13. The Morgan fingerprint density at radius 2 is 1.73 bits per heavy atom. The number of benzene rings is 2. The molecule has 0 bridgehead atoms. The van der Waals surface area contributed by atoms with Gasteiger partial charge in [0.1, 0.15) is 17.8 Å². The Labute approximate surface area is 374 Å². The van der Waals surface area contributed by atoms with Crippen LogP contribution in [-0.4, -0.2) is 141 Å². The summed E-state index contributed by atoms with van der Waals surface area (Å²) in [5, 5.41) is 39.5. The Hall–Kier alpha value is -5.16. The van der Waals surface area contributed by atoms with Crippen molar-refractivity contribution >= 4 is 40.6 Å². The molecule has 5 atom stereocenters. The maximum atomic E-state index is 14.2. The van der Waals surface area contributed by atoms with Crippen molar-refractivity contribution in [3.63, 3.8) is 0 Å². The van der Waals surface area contributed by atoms with Crippen LogP contribution in [0.5, 0.6) is 5.75 Å². The summed E-state index contributed by atoms with van der Waals surface area (Å²) >= 11 is 1.59. The Morgan fingerprint density at radius 1 is 0.968 bits per heavy atom. The maximum Gasteiger partial charge on any atom is 0.246 e.